The van der Waals surface area contributed by atoms with Crippen LogP contribution in [0.1, 0.15) is 20.8 Å². The van der Waals surface area contributed by atoms with Gasteiger partial charge in [-0.05, 0) is 20.8 Å². The van der Waals surface area contributed by atoms with Crippen molar-refractivity contribution >= 4 is 11.9 Å². The maximum atomic E-state index is 11.5. The minimum atomic E-state index is -0.665. The third-order valence-electron chi connectivity index (χ3n) is 1.83. The largest absolute Gasteiger partial charge is 0.464 e. The molecule has 0 saturated carbocycles. The van der Waals surface area contributed by atoms with E-state index >= 15 is 0 Å². The molecule has 16 heavy (non-hydrogen) atoms. The average Bonchev–Trinajstić information content (AvgIpc) is 2.25. The summed E-state index contributed by atoms with van der Waals surface area (Å²) in [6, 6.07) is -0.665. The van der Waals surface area contributed by atoms with Crippen molar-refractivity contribution in [2.45, 2.75) is 32.9 Å². The van der Waals surface area contributed by atoms with Gasteiger partial charge in [-0.15, -0.1) is 6.58 Å². The highest BCUT2D eigenvalue weighted by atomic mass is 16.5. The van der Waals surface area contributed by atoms with Gasteiger partial charge in [-0.3, -0.25) is 4.79 Å². The Labute approximate surface area is 95.8 Å². The van der Waals surface area contributed by atoms with Crippen LogP contribution in [-0.4, -0.2) is 37.2 Å². The van der Waals surface area contributed by atoms with E-state index in [1.165, 1.54) is 0 Å². The Kier molecular flexibility index (Phi) is 7.20. The van der Waals surface area contributed by atoms with Crippen molar-refractivity contribution in [2.75, 3.05) is 13.2 Å². The molecule has 0 fully saturated rings. The first-order valence-corrected chi connectivity index (χ1v) is 5.22. The normalized spacial score (nSPS) is 13.7. The van der Waals surface area contributed by atoms with Crippen molar-refractivity contribution in [2.24, 2.45) is 0 Å². The molecule has 0 spiro atoms. The van der Waals surface area contributed by atoms with E-state index in [1.54, 1.807) is 26.8 Å². The van der Waals surface area contributed by atoms with Gasteiger partial charge in [0.15, 0.2) is 0 Å². The van der Waals surface area contributed by atoms with Crippen molar-refractivity contribution in [3.05, 3.63) is 12.7 Å². The second kappa shape index (κ2) is 7.87. The maximum Gasteiger partial charge on any atom is 0.328 e. The lowest BCUT2D eigenvalue weighted by molar-refractivity contribution is -0.148. The van der Waals surface area contributed by atoms with Gasteiger partial charge in [0.25, 0.3) is 0 Å². The molecule has 1 amide bonds. The predicted octanol–water partition coefficient (Wildman–Crippen LogP) is 0.645. The minimum Gasteiger partial charge on any atom is -0.464 e. The highest BCUT2D eigenvalue weighted by Crippen LogP contribution is 1.94. The number of amides is 1. The van der Waals surface area contributed by atoms with Crippen LogP contribution in [0.4, 0.5) is 0 Å². The third kappa shape index (κ3) is 5.50. The van der Waals surface area contributed by atoms with Crippen LogP contribution in [0.2, 0.25) is 0 Å². The van der Waals surface area contributed by atoms with Gasteiger partial charge >= 0.3 is 5.97 Å². The van der Waals surface area contributed by atoms with Gasteiger partial charge in [0.1, 0.15) is 12.1 Å². The van der Waals surface area contributed by atoms with Gasteiger partial charge in [0.2, 0.25) is 5.91 Å². The fraction of sp³-hybridized carbons (Fsp3) is 0.636. The number of hydrogen-bond donors (Lipinski definition) is 1. The van der Waals surface area contributed by atoms with Crippen LogP contribution in [-0.2, 0) is 19.1 Å². The molecule has 0 aliphatic rings. The zero-order valence-corrected chi connectivity index (χ0v) is 9.99. The van der Waals surface area contributed by atoms with Crippen LogP contribution in [0.3, 0.4) is 0 Å². The molecule has 0 rings (SSSR count). The molecule has 0 bridgehead atoms. The minimum absolute atomic E-state index is 0.293. The Hall–Kier alpha value is -1.36. The van der Waals surface area contributed by atoms with Crippen LogP contribution >= 0.6 is 0 Å². The van der Waals surface area contributed by atoms with E-state index < -0.39 is 18.1 Å². The Morgan fingerprint density at radius 2 is 2.06 bits per heavy atom. The summed E-state index contributed by atoms with van der Waals surface area (Å²) in [4.78, 5) is 22.7. The van der Waals surface area contributed by atoms with Crippen molar-refractivity contribution in [1.82, 2.24) is 5.32 Å². The molecule has 0 aliphatic heterocycles. The zero-order valence-electron chi connectivity index (χ0n) is 9.99. The summed E-state index contributed by atoms with van der Waals surface area (Å²) < 4.78 is 9.87. The lowest BCUT2D eigenvalue weighted by atomic mass is 10.3. The maximum absolute atomic E-state index is 11.5. The van der Waals surface area contributed by atoms with Gasteiger partial charge in [0.05, 0.1) is 13.2 Å². The quantitative estimate of drug-likeness (QED) is 0.514. The molecule has 0 aromatic heterocycles. The van der Waals surface area contributed by atoms with Gasteiger partial charge in [-0.1, -0.05) is 6.08 Å². The fourth-order valence-electron chi connectivity index (χ4n) is 0.945. The molecule has 2 atom stereocenters. The van der Waals surface area contributed by atoms with Gasteiger partial charge in [-0.2, -0.15) is 0 Å². The second-order valence-electron chi connectivity index (χ2n) is 3.25. The van der Waals surface area contributed by atoms with Crippen LogP contribution in [0.25, 0.3) is 0 Å². The summed E-state index contributed by atoms with van der Waals surface area (Å²) in [6.07, 6.45) is 0.938. The number of carbonyl (C=O) groups excluding carboxylic acids is 2. The number of rotatable bonds is 7. The highest BCUT2D eigenvalue weighted by molar-refractivity contribution is 5.86. The molecule has 0 aromatic carbocycles. The lowest BCUT2D eigenvalue weighted by Gasteiger charge is -2.16. The molecule has 0 aromatic rings. The van der Waals surface area contributed by atoms with Gasteiger partial charge in [-0.25, -0.2) is 4.79 Å². The summed E-state index contributed by atoms with van der Waals surface area (Å²) in [7, 11) is 0. The number of carbonyl (C=O) groups is 2. The molecule has 0 heterocycles. The van der Waals surface area contributed by atoms with Crippen LogP contribution in [0, 0.1) is 0 Å². The van der Waals surface area contributed by atoms with Crippen LogP contribution < -0.4 is 5.32 Å². The molecule has 5 heteroatoms. The number of hydrogen-bond acceptors (Lipinski definition) is 4. The fourth-order valence-corrected chi connectivity index (χ4v) is 0.945. The third-order valence-corrected chi connectivity index (χ3v) is 1.83. The van der Waals surface area contributed by atoms with Crippen molar-refractivity contribution in [1.29, 1.82) is 0 Å². The monoisotopic (exact) mass is 229 g/mol. The van der Waals surface area contributed by atoms with E-state index in [2.05, 4.69) is 11.9 Å². The molecule has 5 nitrogen and oxygen atoms in total. The van der Waals surface area contributed by atoms with Gasteiger partial charge < -0.3 is 14.8 Å². The molecular formula is C11H19NO4. The van der Waals surface area contributed by atoms with E-state index in [0.29, 0.717) is 13.2 Å². The Morgan fingerprint density at radius 1 is 1.44 bits per heavy atom. The smallest absolute Gasteiger partial charge is 0.328 e. The molecule has 92 valence electrons. The predicted molar refractivity (Wildman–Crippen MR) is 59.8 cm³/mol. The van der Waals surface area contributed by atoms with E-state index in [0.717, 1.165) is 0 Å². The van der Waals surface area contributed by atoms with Crippen molar-refractivity contribution in [3.8, 4) is 0 Å². The second-order valence-corrected chi connectivity index (χ2v) is 3.25. The summed E-state index contributed by atoms with van der Waals surface area (Å²) in [5.41, 5.74) is 0. The van der Waals surface area contributed by atoms with E-state index in [4.69, 9.17) is 9.47 Å². The molecule has 1 N–H and O–H groups in total. The Bertz CT molecular complexity index is 252. The van der Waals surface area contributed by atoms with E-state index in [-0.39, 0.29) is 5.91 Å². The zero-order chi connectivity index (χ0) is 12.6. The number of nitrogens with one attached hydrogen (secondary N) is 1. The Balaban J connectivity index is 4.02. The highest BCUT2D eigenvalue weighted by Gasteiger charge is 2.20. The van der Waals surface area contributed by atoms with E-state index in [1.807, 2.05) is 0 Å². The Morgan fingerprint density at radius 3 is 2.56 bits per heavy atom. The summed E-state index contributed by atoms with van der Waals surface area (Å²) >= 11 is 0. The van der Waals surface area contributed by atoms with Crippen molar-refractivity contribution in [3.63, 3.8) is 0 Å². The average molecular weight is 229 g/mol. The molecule has 0 radical (unpaired) electrons. The lowest BCUT2D eigenvalue weighted by Crippen LogP contribution is -2.44. The van der Waals surface area contributed by atoms with E-state index in [9.17, 15) is 9.59 Å². The first kappa shape index (κ1) is 14.6. The summed E-state index contributed by atoms with van der Waals surface area (Å²) in [5, 5.41) is 2.50. The summed E-state index contributed by atoms with van der Waals surface area (Å²) in [5.74, 6) is -0.797. The molecule has 0 unspecified atom stereocenters. The first-order valence-electron chi connectivity index (χ1n) is 5.22. The SMILES string of the molecule is C=CCO[C@@H](C)C(=O)N[C@@H](C)C(=O)OCC. The first-order chi connectivity index (χ1) is 7.52. The topological polar surface area (TPSA) is 64.6 Å². The standard InChI is InChI=1S/C11H19NO4/c1-5-7-16-9(4)10(13)12-8(3)11(14)15-6-2/h5,8-9H,1,6-7H2,2-4H3,(H,12,13)/t8-,9-/m0/s1. The van der Waals surface area contributed by atoms with Crippen LogP contribution in [0.15, 0.2) is 12.7 Å². The molecular weight excluding hydrogens is 210 g/mol. The van der Waals surface area contributed by atoms with Crippen LogP contribution in [0.5, 0.6) is 0 Å². The van der Waals surface area contributed by atoms with Crippen molar-refractivity contribution < 1.29 is 19.1 Å². The summed E-state index contributed by atoms with van der Waals surface area (Å²) in [6.45, 7) is 8.95. The van der Waals surface area contributed by atoms with Gasteiger partial charge in [0, 0.05) is 0 Å². The molecule has 0 aliphatic carbocycles. The number of esters is 1. The molecule has 0 saturated heterocycles. The number of ether oxygens (including phenoxy) is 2.